The molecule has 19 heavy (non-hydrogen) atoms. The maximum atomic E-state index is 11.9. The van der Waals surface area contributed by atoms with E-state index in [9.17, 15) is 4.79 Å². The second-order valence-corrected chi connectivity index (χ2v) is 5.00. The second kappa shape index (κ2) is 6.43. The minimum absolute atomic E-state index is 0.126. The van der Waals surface area contributed by atoms with Crippen LogP contribution in [0.1, 0.15) is 29.6 Å². The highest BCUT2D eigenvalue weighted by molar-refractivity contribution is 5.99. The van der Waals surface area contributed by atoms with Gasteiger partial charge in [0.2, 0.25) is 0 Å². The SMILES string of the molecule is Nc1ccc(C(=O)NCCCN2CCCC2)c(N)c1. The van der Waals surface area contributed by atoms with Gasteiger partial charge in [-0.3, -0.25) is 4.79 Å². The Morgan fingerprint density at radius 2 is 2.00 bits per heavy atom. The average molecular weight is 262 g/mol. The maximum absolute atomic E-state index is 11.9. The number of amides is 1. The van der Waals surface area contributed by atoms with Crippen molar-refractivity contribution in [2.45, 2.75) is 19.3 Å². The average Bonchev–Trinajstić information content (AvgIpc) is 2.87. The highest BCUT2D eigenvalue weighted by atomic mass is 16.1. The summed E-state index contributed by atoms with van der Waals surface area (Å²) in [5, 5.41) is 2.90. The van der Waals surface area contributed by atoms with Gasteiger partial charge in [0, 0.05) is 17.9 Å². The van der Waals surface area contributed by atoms with Crippen molar-refractivity contribution in [1.82, 2.24) is 10.2 Å². The lowest BCUT2D eigenvalue weighted by Gasteiger charge is -2.14. The molecule has 5 heteroatoms. The molecule has 1 aliphatic rings. The number of hydrogen-bond acceptors (Lipinski definition) is 4. The van der Waals surface area contributed by atoms with E-state index in [1.807, 2.05) is 0 Å². The van der Waals surface area contributed by atoms with Crippen molar-refractivity contribution < 1.29 is 4.79 Å². The van der Waals surface area contributed by atoms with Gasteiger partial charge in [0.25, 0.3) is 5.91 Å². The molecule has 1 amide bonds. The van der Waals surface area contributed by atoms with E-state index in [-0.39, 0.29) is 5.91 Å². The van der Waals surface area contributed by atoms with Gasteiger partial charge in [-0.05, 0) is 57.1 Å². The molecular weight excluding hydrogens is 240 g/mol. The standard InChI is InChI=1S/C14H22N4O/c15-11-4-5-12(13(16)10-11)14(19)17-6-3-9-18-7-1-2-8-18/h4-5,10H,1-3,6-9,15-16H2,(H,17,19). The van der Waals surface area contributed by atoms with Gasteiger partial charge in [0.15, 0.2) is 0 Å². The molecule has 5 N–H and O–H groups in total. The molecule has 0 aliphatic carbocycles. The molecule has 1 heterocycles. The molecule has 0 spiro atoms. The Bertz CT molecular complexity index is 441. The van der Waals surface area contributed by atoms with E-state index < -0.39 is 0 Å². The smallest absolute Gasteiger partial charge is 0.253 e. The largest absolute Gasteiger partial charge is 0.399 e. The quantitative estimate of drug-likeness (QED) is 0.547. The van der Waals surface area contributed by atoms with Gasteiger partial charge < -0.3 is 21.7 Å². The van der Waals surface area contributed by atoms with Crippen molar-refractivity contribution in [3.05, 3.63) is 23.8 Å². The Morgan fingerprint density at radius 1 is 1.26 bits per heavy atom. The van der Waals surface area contributed by atoms with Crippen LogP contribution in [0, 0.1) is 0 Å². The normalized spacial score (nSPS) is 15.6. The van der Waals surface area contributed by atoms with E-state index in [4.69, 9.17) is 11.5 Å². The van der Waals surface area contributed by atoms with Crippen LogP contribution in [-0.2, 0) is 0 Å². The van der Waals surface area contributed by atoms with Gasteiger partial charge in [-0.2, -0.15) is 0 Å². The van der Waals surface area contributed by atoms with E-state index in [1.165, 1.54) is 25.9 Å². The fourth-order valence-electron chi connectivity index (χ4n) is 2.39. The lowest BCUT2D eigenvalue weighted by molar-refractivity contribution is 0.0953. The minimum Gasteiger partial charge on any atom is -0.399 e. The fourth-order valence-corrected chi connectivity index (χ4v) is 2.39. The molecule has 1 aliphatic heterocycles. The zero-order valence-electron chi connectivity index (χ0n) is 11.2. The molecule has 1 aromatic carbocycles. The number of carbonyl (C=O) groups excluding carboxylic acids is 1. The van der Waals surface area contributed by atoms with Crippen molar-refractivity contribution in [3.8, 4) is 0 Å². The van der Waals surface area contributed by atoms with Crippen molar-refractivity contribution in [2.75, 3.05) is 37.6 Å². The van der Waals surface area contributed by atoms with Crippen LogP contribution in [0.2, 0.25) is 0 Å². The summed E-state index contributed by atoms with van der Waals surface area (Å²) in [6, 6.07) is 4.97. The van der Waals surface area contributed by atoms with Crippen LogP contribution >= 0.6 is 0 Å². The third-order valence-electron chi connectivity index (χ3n) is 3.46. The number of anilines is 2. The van der Waals surface area contributed by atoms with E-state index in [0.29, 0.717) is 23.5 Å². The molecule has 1 saturated heterocycles. The zero-order chi connectivity index (χ0) is 13.7. The highest BCUT2D eigenvalue weighted by Crippen LogP contribution is 2.15. The summed E-state index contributed by atoms with van der Waals surface area (Å²) in [6.45, 7) is 4.12. The van der Waals surface area contributed by atoms with E-state index in [2.05, 4.69) is 10.2 Å². The first-order chi connectivity index (χ1) is 9.16. The molecular formula is C14H22N4O. The first kappa shape index (κ1) is 13.7. The summed E-state index contributed by atoms with van der Waals surface area (Å²) in [7, 11) is 0. The first-order valence-electron chi connectivity index (χ1n) is 6.82. The van der Waals surface area contributed by atoms with Crippen LogP contribution < -0.4 is 16.8 Å². The van der Waals surface area contributed by atoms with Gasteiger partial charge in [0.1, 0.15) is 0 Å². The Kier molecular flexibility index (Phi) is 4.63. The van der Waals surface area contributed by atoms with Crippen molar-refractivity contribution in [1.29, 1.82) is 0 Å². The van der Waals surface area contributed by atoms with E-state index in [0.717, 1.165) is 13.0 Å². The Labute approximate surface area is 113 Å². The van der Waals surface area contributed by atoms with Gasteiger partial charge in [-0.25, -0.2) is 0 Å². The summed E-state index contributed by atoms with van der Waals surface area (Å²) >= 11 is 0. The molecule has 0 bridgehead atoms. The third kappa shape index (κ3) is 3.86. The van der Waals surface area contributed by atoms with Crippen LogP contribution in [0.15, 0.2) is 18.2 Å². The molecule has 2 rings (SSSR count). The number of carbonyl (C=O) groups is 1. The molecule has 0 atom stereocenters. The summed E-state index contributed by atoms with van der Waals surface area (Å²) in [4.78, 5) is 14.4. The van der Waals surface area contributed by atoms with Crippen molar-refractivity contribution in [3.63, 3.8) is 0 Å². The van der Waals surface area contributed by atoms with Gasteiger partial charge >= 0.3 is 0 Å². The van der Waals surface area contributed by atoms with E-state index >= 15 is 0 Å². The number of hydrogen-bond donors (Lipinski definition) is 3. The van der Waals surface area contributed by atoms with Gasteiger partial charge in [-0.15, -0.1) is 0 Å². The molecule has 5 nitrogen and oxygen atoms in total. The predicted octanol–water partition coefficient (Wildman–Crippen LogP) is 1.07. The van der Waals surface area contributed by atoms with Crippen LogP contribution in [0.3, 0.4) is 0 Å². The Balaban J connectivity index is 1.74. The number of nitrogen functional groups attached to an aromatic ring is 2. The Hall–Kier alpha value is -1.75. The number of likely N-dealkylation sites (tertiary alicyclic amines) is 1. The molecule has 1 aromatic rings. The number of nitrogens with one attached hydrogen (secondary N) is 1. The molecule has 0 saturated carbocycles. The van der Waals surface area contributed by atoms with Crippen LogP contribution in [-0.4, -0.2) is 37.0 Å². The van der Waals surface area contributed by atoms with Gasteiger partial charge in [0.05, 0.1) is 5.56 Å². The van der Waals surface area contributed by atoms with E-state index in [1.54, 1.807) is 18.2 Å². The van der Waals surface area contributed by atoms with Crippen molar-refractivity contribution >= 4 is 17.3 Å². The fraction of sp³-hybridized carbons (Fsp3) is 0.500. The lowest BCUT2D eigenvalue weighted by Crippen LogP contribution is -2.29. The summed E-state index contributed by atoms with van der Waals surface area (Å²) in [5.41, 5.74) is 12.9. The van der Waals surface area contributed by atoms with Crippen LogP contribution in [0.25, 0.3) is 0 Å². The van der Waals surface area contributed by atoms with Crippen molar-refractivity contribution in [2.24, 2.45) is 0 Å². The third-order valence-corrected chi connectivity index (χ3v) is 3.46. The summed E-state index contributed by atoms with van der Waals surface area (Å²) in [5.74, 6) is -0.126. The highest BCUT2D eigenvalue weighted by Gasteiger charge is 2.12. The topological polar surface area (TPSA) is 84.4 Å². The Morgan fingerprint density at radius 3 is 2.68 bits per heavy atom. The maximum Gasteiger partial charge on any atom is 0.253 e. The van der Waals surface area contributed by atoms with Gasteiger partial charge in [-0.1, -0.05) is 0 Å². The molecule has 0 radical (unpaired) electrons. The lowest BCUT2D eigenvalue weighted by atomic mass is 10.1. The zero-order valence-corrected chi connectivity index (χ0v) is 11.2. The molecule has 104 valence electrons. The summed E-state index contributed by atoms with van der Waals surface area (Å²) < 4.78 is 0. The van der Waals surface area contributed by atoms with Crippen LogP contribution in [0.4, 0.5) is 11.4 Å². The van der Waals surface area contributed by atoms with Crippen LogP contribution in [0.5, 0.6) is 0 Å². The second-order valence-electron chi connectivity index (χ2n) is 5.00. The summed E-state index contributed by atoms with van der Waals surface area (Å²) in [6.07, 6.45) is 3.57. The predicted molar refractivity (Wildman–Crippen MR) is 77.9 cm³/mol. The molecule has 1 fully saturated rings. The number of nitrogens with two attached hydrogens (primary N) is 2. The molecule has 0 aromatic heterocycles. The number of rotatable bonds is 5. The first-order valence-corrected chi connectivity index (χ1v) is 6.82. The number of nitrogens with zero attached hydrogens (tertiary/aromatic N) is 1. The monoisotopic (exact) mass is 262 g/mol. The molecule has 0 unspecified atom stereocenters. The minimum atomic E-state index is -0.126. The number of benzene rings is 1.